The molecule has 0 nitrogen and oxygen atoms in total. The third kappa shape index (κ3) is 2.77. The Bertz CT molecular complexity index is 1280. The van der Waals surface area contributed by atoms with Gasteiger partial charge in [0, 0.05) is 0 Å². The standard InChI is InChI=1S/C30H25B/c1-4-21-11-13-22(14-12-21)25-17-26-15-23-9-5-7-19(2)28(23)31-29-20(3)8-6-10-24(29)16-27(18-25)30(26)31/h4-14,17-18H,1,15-16H2,2-3H3. The first kappa shape index (κ1) is 18.5. The highest BCUT2D eigenvalue weighted by atomic mass is 14.3. The molecule has 2 aliphatic heterocycles. The van der Waals surface area contributed by atoms with Crippen molar-refractivity contribution in [1.82, 2.24) is 0 Å². The lowest BCUT2D eigenvalue weighted by Crippen LogP contribution is -2.62. The molecule has 0 amide bonds. The largest absolute Gasteiger partial charge is 0.243 e. The lowest BCUT2D eigenvalue weighted by atomic mass is 9.29. The number of hydrogen-bond donors (Lipinski definition) is 0. The molecule has 6 rings (SSSR count). The summed E-state index contributed by atoms with van der Waals surface area (Å²) in [6.45, 7) is 8.82. The van der Waals surface area contributed by atoms with Crippen LogP contribution in [0.15, 0.2) is 79.4 Å². The Labute approximate surface area is 185 Å². The summed E-state index contributed by atoms with van der Waals surface area (Å²) < 4.78 is 0. The Morgan fingerprint density at radius 1 is 0.645 bits per heavy atom. The summed E-state index contributed by atoms with van der Waals surface area (Å²) >= 11 is 0. The van der Waals surface area contributed by atoms with Gasteiger partial charge in [-0.3, -0.25) is 0 Å². The van der Waals surface area contributed by atoms with Crippen molar-refractivity contribution in [3.63, 3.8) is 0 Å². The van der Waals surface area contributed by atoms with Crippen molar-refractivity contribution < 1.29 is 0 Å². The second kappa shape index (κ2) is 6.85. The van der Waals surface area contributed by atoms with Crippen LogP contribution in [-0.2, 0) is 12.8 Å². The molecule has 0 radical (unpaired) electrons. The molecule has 0 atom stereocenters. The van der Waals surface area contributed by atoms with Crippen LogP contribution in [0.25, 0.3) is 17.2 Å². The molecule has 0 saturated carbocycles. The second-order valence-electron chi connectivity index (χ2n) is 9.12. The minimum Gasteiger partial charge on any atom is -0.0985 e. The van der Waals surface area contributed by atoms with Gasteiger partial charge in [-0.25, -0.2) is 0 Å². The van der Waals surface area contributed by atoms with Crippen molar-refractivity contribution in [1.29, 1.82) is 0 Å². The van der Waals surface area contributed by atoms with Gasteiger partial charge in [0.2, 0.25) is 6.71 Å². The predicted molar refractivity (Wildman–Crippen MR) is 135 cm³/mol. The molecule has 148 valence electrons. The Kier molecular flexibility index (Phi) is 4.08. The van der Waals surface area contributed by atoms with E-state index in [2.05, 4.69) is 93.2 Å². The summed E-state index contributed by atoms with van der Waals surface area (Å²) in [5.41, 5.74) is 17.2. The van der Waals surface area contributed by atoms with Crippen molar-refractivity contribution >= 4 is 29.2 Å². The summed E-state index contributed by atoms with van der Waals surface area (Å²) in [4.78, 5) is 0. The minimum absolute atomic E-state index is 0.358. The second-order valence-corrected chi connectivity index (χ2v) is 9.12. The SMILES string of the molecule is C=Cc1ccc(-c2cc3c4c(c2)Cc2cccc(C)c2B4c2c(C)cccc2C3)cc1. The van der Waals surface area contributed by atoms with Crippen LogP contribution >= 0.6 is 0 Å². The Balaban J connectivity index is 1.62. The van der Waals surface area contributed by atoms with Gasteiger partial charge in [0.15, 0.2) is 0 Å². The van der Waals surface area contributed by atoms with Crippen molar-refractivity contribution in [2.75, 3.05) is 0 Å². The fraction of sp³-hybridized carbons (Fsp3) is 0.133. The van der Waals surface area contributed by atoms with Crippen LogP contribution in [0.3, 0.4) is 0 Å². The van der Waals surface area contributed by atoms with E-state index in [-0.39, 0.29) is 0 Å². The van der Waals surface area contributed by atoms with E-state index in [1.807, 2.05) is 6.08 Å². The summed E-state index contributed by atoms with van der Waals surface area (Å²) in [6, 6.07) is 27.4. The summed E-state index contributed by atoms with van der Waals surface area (Å²) in [5.74, 6) is 0. The van der Waals surface area contributed by atoms with Crippen molar-refractivity contribution in [3.8, 4) is 11.1 Å². The average Bonchev–Trinajstić information content (AvgIpc) is 2.78. The van der Waals surface area contributed by atoms with Gasteiger partial charge >= 0.3 is 0 Å². The fourth-order valence-electron chi connectivity index (χ4n) is 5.88. The summed E-state index contributed by atoms with van der Waals surface area (Å²) in [6.07, 6.45) is 3.95. The molecule has 2 heterocycles. The maximum absolute atomic E-state index is 3.89. The van der Waals surface area contributed by atoms with E-state index in [0.717, 1.165) is 18.4 Å². The maximum atomic E-state index is 3.89. The first-order valence-corrected chi connectivity index (χ1v) is 11.2. The van der Waals surface area contributed by atoms with Crippen LogP contribution < -0.4 is 16.4 Å². The minimum atomic E-state index is 0.358. The molecule has 0 aliphatic carbocycles. The number of rotatable bonds is 2. The zero-order valence-electron chi connectivity index (χ0n) is 18.2. The molecule has 0 unspecified atom stereocenters. The number of benzene rings is 4. The third-order valence-electron chi connectivity index (χ3n) is 7.29. The van der Waals surface area contributed by atoms with Crippen LogP contribution in [-0.4, -0.2) is 6.71 Å². The monoisotopic (exact) mass is 396 g/mol. The maximum Gasteiger partial charge on any atom is 0.243 e. The number of hydrogen-bond acceptors (Lipinski definition) is 0. The van der Waals surface area contributed by atoms with Crippen molar-refractivity contribution in [2.24, 2.45) is 0 Å². The highest BCUT2D eigenvalue weighted by molar-refractivity contribution is 6.97. The molecule has 0 aromatic heterocycles. The van der Waals surface area contributed by atoms with Crippen molar-refractivity contribution in [3.05, 3.63) is 118 Å². The van der Waals surface area contributed by atoms with Gasteiger partial charge in [0.25, 0.3) is 0 Å². The van der Waals surface area contributed by atoms with Crippen LogP contribution in [0.2, 0.25) is 0 Å². The van der Waals surface area contributed by atoms with Crippen molar-refractivity contribution in [2.45, 2.75) is 26.7 Å². The average molecular weight is 396 g/mol. The first-order valence-electron chi connectivity index (χ1n) is 11.2. The molecular formula is C30H25B. The predicted octanol–water partition coefficient (Wildman–Crippen LogP) is 4.94. The zero-order valence-corrected chi connectivity index (χ0v) is 18.2. The molecule has 0 N–H and O–H groups in total. The third-order valence-corrected chi connectivity index (χ3v) is 7.29. The molecule has 1 heteroatoms. The zero-order chi connectivity index (χ0) is 21.1. The van der Waals surface area contributed by atoms with Gasteiger partial charge in [-0.2, -0.15) is 0 Å². The Morgan fingerprint density at radius 3 is 1.71 bits per heavy atom. The molecular weight excluding hydrogens is 371 g/mol. The van der Waals surface area contributed by atoms with Gasteiger partial charge in [-0.05, 0) is 65.6 Å². The van der Waals surface area contributed by atoms with E-state index >= 15 is 0 Å². The molecule has 0 spiro atoms. The topological polar surface area (TPSA) is 0 Å². The van der Waals surface area contributed by atoms with Crippen LogP contribution in [0.5, 0.6) is 0 Å². The molecule has 0 fully saturated rings. The molecule has 2 aliphatic rings. The Morgan fingerprint density at radius 2 is 1.19 bits per heavy atom. The van der Waals surface area contributed by atoms with Crippen LogP contribution in [0.1, 0.15) is 38.9 Å². The first-order chi connectivity index (χ1) is 15.1. The molecule has 4 aromatic rings. The Hall–Kier alpha value is -3.32. The molecule has 31 heavy (non-hydrogen) atoms. The molecule has 4 aromatic carbocycles. The van der Waals surface area contributed by atoms with E-state index in [9.17, 15) is 0 Å². The molecule has 0 saturated heterocycles. The van der Waals surface area contributed by atoms with Gasteiger partial charge in [-0.15, -0.1) is 0 Å². The number of fused-ring (bicyclic) bond motifs is 4. The lowest BCUT2D eigenvalue weighted by Gasteiger charge is -2.36. The van der Waals surface area contributed by atoms with Gasteiger partial charge in [0.1, 0.15) is 0 Å². The van der Waals surface area contributed by atoms with Gasteiger partial charge in [0.05, 0.1) is 0 Å². The molecule has 0 bridgehead atoms. The van der Waals surface area contributed by atoms with E-state index in [4.69, 9.17) is 0 Å². The summed E-state index contributed by atoms with van der Waals surface area (Å²) in [7, 11) is 0. The quantitative estimate of drug-likeness (QED) is 0.364. The van der Waals surface area contributed by atoms with E-state index < -0.39 is 0 Å². The van der Waals surface area contributed by atoms with Gasteiger partial charge < -0.3 is 0 Å². The lowest BCUT2D eigenvalue weighted by molar-refractivity contribution is 1.14. The highest BCUT2D eigenvalue weighted by Crippen LogP contribution is 2.29. The highest BCUT2D eigenvalue weighted by Gasteiger charge is 2.38. The normalized spacial score (nSPS) is 13.3. The van der Waals surface area contributed by atoms with Gasteiger partial charge in [-0.1, -0.05) is 113 Å². The fourth-order valence-corrected chi connectivity index (χ4v) is 5.88. The number of aryl methyl sites for hydroxylation is 2. The van der Waals surface area contributed by atoms with E-state index in [1.165, 1.54) is 55.4 Å². The van der Waals surface area contributed by atoms with E-state index in [0.29, 0.717) is 6.71 Å². The van der Waals surface area contributed by atoms with Crippen LogP contribution in [0.4, 0.5) is 0 Å². The smallest absolute Gasteiger partial charge is 0.0985 e. The van der Waals surface area contributed by atoms with E-state index in [1.54, 1.807) is 5.46 Å². The van der Waals surface area contributed by atoms with Crippen LogP contribution in [0, 0.1) is 13.8 Å². The summed E-state index contributed by atoms with van der Waals surface area (Å²) in [5, 5.41) is 0.